The van der Waals surface area contributed by atoms with Gasteiger partial charge in [-0.3, -0.25) is 0 Å². The summed E-state index contributed by atoms with van der Waals surface area (Å²) in [5.41, 5.74) is 0.812. The van der Waals surface area contributed by atoms with E-state index in [2.05, 4.69) is 20.8 Å². The van der Waals surface area contributed by atoms with Gasteiger partial charge >= 0.3 is 0 Å². The van der Waals surface area contributed by atoms with Gasteiger partial charge in [0.05, 0.1) is 4.90 Å². The van der Waals surface area contributed by atoms with Crippen LogP contribution in [0, 0.1) is 5.92 Å². The number of sulfonamides is 1. The second-order valence-corrected chi connectivity index (χ2v) is 6.23. The van der Waals surface area contributed by atoms with E-state index in [9.17, 15) is 8.42 Å². The Morgan fingerprint density at radius 1 is 1.18 bits per heavy atom. The van der Waals surface area contributed by atoms with Crippen LogP contribution in [0.25, 0.3) is 0 Å². The van der Waals surface area contributed by atoms with Crippen LogP contribution in [0.5, 0.6) is 0 Å². The lowest BCUT2D eigenvalue weighted by Gasteiger charge is -2.12. The number of nitrogens with zero attached hydrogens (tertiary/aromatic N) is 1. The van der Waals surface area contributed by atoms with Crippen molar-refractivity contribution in [3.8, 4) is 0 Å². The van der Waals surface area contributed by atoms with Crippen molar-refractivity contribution in [3.63, 3.8) is 0 Å². The standard InChI is InChI=1S/C8H12N2O2S.C4H10/c1-10(2)7-4-3-5-8(6-7)13(9,11)12;1-4(2)3/h3-6H,1-2H3,(H2,9,11,12);4H,1-3H3. The van der Waals surface area contributed by atoms with E-state index in [-0.39, 0.29) is 4.90 Å². The summed E-state index contributed by atoms with van der Waals surface area (Å²) in [4.78, 5) is 1.95. The predicted octanol–water partition coefficient (Wildman–Crippen LogP) is 2.06. The Kier molecular flexibility index (Phi) is 6.20. The molecule has 0 aliphatic rings. The summed E-state index contributed by atoms with van der Waals surface area (Å²) in [6, 6.07) is 6.49. The number of anilines is 1. The molecule has 5 heteroatoms. The number of nitrogens with two attached hydrogens (primary N) is 1. The van der Waals surface area contributed by atoms with E-state index in [1.165, 1.54) is 12.1 Å². The van der Waals surface area contributed by atoms with Crippen LogP contribution in [-0.4, -0.2) is 22.5 Å². The monoisotopic (exact) mass is 258 g/mol. The summed E-state index contributed by atoms with van der Waals surface area (Å²) >= 11 is 0. The van der Waals surface area contributed by atoms with Crippen LogP contribution < -0.4 is 10.0 Å². The number of hydrogen-bond acceptors (Lipinski definition) is 3. The fourth-order valence-electron chi connectivity index (χ4n) is 0.939. The van der Waals surface area contributed by atoms with E-state index < -0.39 is 10.0 Å². The molecule has 0 saturated carbocycles. The average Bonchev–Trinajstić information content (AvgIpc) is 2.15. The summed E-state index contributed by atoms with van der Waals surface area (Å²) in [5, 5.41) is 4.98. The van der Waals surface area contributed by atoms with E-state index in [4.69, 9.17) is 5.14 Å². The Morgan fingerprint density at radius 3 is 2.00 bits per heavy atom. The number of primary sulfonamides is 1. The van der Waals surface area contributed by atoms with E-state index >= 15 is 0 Å². The molecule has 4 nitrogen and oxygen atoms in total. The van der Waals surface area contributed by atoms with Gasteiger partial charge in [-0.2, -0.15) is 0 Å². The van der Waals surface area contributed by atoms with E-state index in [1.807, 2.05) is 25.1 Å². The fraction of sp³-hybridized carbons (Fsp3) is 0.500. The molecule has 0 fully saturated rings. The minimum absolute atomic E-state index is 0.138. The summed E-state index contributed by atoms with van der Waals surface area (Å²) in [7, 11) is 0.0856. The molecule has 2 N–H and O–H groups in total. The summed E-state index contributed by atoms with van der Waals surface area (Å²) < 4.78 is 21.9. The molecular weight excluding hydrogens is 236 g/mol. The third-order valence-electron chi connectivity index (χ3n) is 1.66. The lowest BCUT2D eigenvalue weighted by atomic mass is 10.3. The van der Waals surface area contributed by atoms with E-state index in [0.29, 0.717) is 0 Å². The van der Waals surface area contributed by atoms with Crippen molar-refractivity contribution >= 4 is 15.7 Å². The highest BCUT2D eigenvalue weighted by Crippen LogP contribution is 2.15. The van der Waals surface area contributed by atoms with Crippen molar-refractivity contribution in [1.82, 2.24) is 0 Å². The maximum absolute atomic E-state index is 11.0. The Balaban J connectivity index is 0.000000557. The fourth-order valence-corrected chi connectivity index (χ4v) is 1.49. The average molecular weight is 258 g/mol. The maximum Gasteiger partial charge on any atom is 0.238 e. The highest BCUT2D eigenvalue weighted by Gasteiger charge is 2.07. The van der Waals surface area contributed by atoms with Gasteiger partial charge in [0.2, 0.25) is 10.0 Å². The van der Waals surface area contributed by atoms with Crippen molar-refractivity contribution in [2.75, 3.05) is 19.0 Å². The normalized spacial score (nSPS) is 10.8. The van der Waals surface area contributed by atoms with Gasteiger partial charge < -0.3 is 4.90 Å². The molecule has 0 bridgehead atoms. The number of rotatable bonds is 2. The van der Waals surface area contributed by atoms with Gasteiger partial charge in [0, 0.05) is 19.8 Å². The Hall–Kier alpha value is -1.07. The molecule has 0 aromatic heterocycles. The minimum atomic E-state index is -3.59. The highest BCUT2D eigenvalue weighted by molar-refractivity contribution is 7.89. The van der Waals surface area contributed by atoms with Crippen molar-refractivity contribution in [2.45, 2.75) is 25.7 Å². The molecule has 1 aromatic carbocycles. The number of hydrogen-bond donors (Lipinski definition) is 1. The highest BCUT2D eigenvalue weighted by atomic mass is 32.2. The second-order valence-electron chi connectivity index (χ2n) is 4.67. The smallest absolute Gasteiger partial charge is 0.238 e. The Morgan fingerprint density at radius 2 is 1.65 bits per heavy atom. The van der Waals surface area contributed by atoms with Gasteiger partial charge in [-0.25, -0.2) is 13.6 Å². The van der Waals surface area contributed by atoms with Gasteiger partial charge in [-0.15, -0.1) is 0 Å². The molecule has 0 aliphatic carbocycles. The van der Waals surface area contributed by atoms with Crippen LogP contribution in [0.2, 0.25) is 0 Å². The molecule has 0 saturated heterocycles. The maximum atomic E-state index is 11.0. The largest absolute Gasteiger partial charge is 0.378 e. The first kappa shape index (κ1) is 15.9. The van der Waals surface area contributed by atoms with Crippen molar-refractivity contribution in [1.29, 1.82) is 0 Å². The van der Waals surface area contributed by atoms with Crippen LogP contribution >= 0.6 is 0 Å². The molecule has 1 rings (SSSR count). The zero-order valence-electron chi connectivity index (χ0n) is 11.1. The lowest BCUT2D eigenvalue weighted by Crippen LogP contribution is -2.14. The van der Waals surface area contributed by atoms with E-state index in [0.717, 1.165) is 11.6 Å². The summed E-state index contributed by atoms with van der Waals surface area (Å²) in [5.74, 6) is 0.833. The quantitative estimate of drug-likeness (QED) is 0.883. The van der Waals surface area contributed by atoms with Gasteiger partial charge in [-0.05, 0) is 24.1 Å². The summed E-state index contributed by atoms with van der Waals surface area (Å²) in [6.07, 6.45) is 0. The first-order valence-electron chi connectivity index (χ1n) is 5.44. The molecule has 17 heavy (non-hydrogen) atoms. The van der Waals surface area contributed by atoms with Crippen molar-refractivity contribution in [2.24, 2.45) is 11.1 Å². The zero-order valence-corrected chi connectivity index (χ0v) is 12.0. The van der Waals surface area contributed by atoms with Gasteiger partial charge in [0.1, 0.15) is 0 Å². The minimum Gasteiger partial charge on any atom is -0.378 e. The molecule has 0 heterocycles. The molecule has 1 aromatic rings. The van der Waals surface area contributed by atoms with Crippen molar-refractivity contribution < 1.29 is 8.42 Å². The molecular formula is C12H22N2O2S. The van der Waals surface area contributed by atoms with E-state index in [1.54, 1.807) is 6.07 Å². The van der Waals surface area contributed by atoms with Gasteiger partial charge in [0.15, 0.2) is 0 Å². The van der Waals surface area contributed by atoms with Crippen LogP contribution in [0.15, 0.2) is 29.2 Å². The van der Waals surface area contributed by atoms with Crippen LogP contribution in [-0.2, 0) is 10.0 Å². The van der Waals surface area contributed by atoms with Gasteiger partial charge in [0.25, 0.3) is 0 Å². The van der Waals surface area contributed by atoms with Crippen LogP contribution in [0.1, 0.15) is 20.8 Å². The third-order valence-corrected chi connectivity index (χ3v) is 2.57. The molecule has 0 radical (unpaired) electrons. The Bertz CT molecular complexity index is 437. The SMILES string of the molecule is CC(C)C.CN(C)c1cccc(S(N)(=O)=O)c1. The topological polar surface area (TPSA) is 63.4 Å². The number of benzene rings is 1. The summed E-state index contributed by atoms with van der Waals surface area (Å²) in [6.45, 7) is 6.50. The zero-order chi connectivity index (χ0) is 13.6. The second kappa shape index (κ2) is 6.61. The lowest BCUT2D eigenvalue weighted by molar-refractivity contribution is 0.598. The van der Waals surface area contributed by atoms with Crippen LogP contribution in [0.4, 0.5) is 5.69 Å². The first-order valence-corrected chi connectivity index (χ1v) is 6.99. The molecule has 0 spiro atoms. The Labute approximate surface area is 104 Å². The van der Waals surface area contributed by atoms with Crippen LogP contribution in [0.3, 0.4) is 0 Å². The van der Waals surface area contributed by atoms with Gasteiger partial charge in [-0.1, -0.05) is 26.8 Å². The molecule has 0 amide bonds. The molecule has 98 valence electrons. The molecule has 0 aliphatic heterocycles. The molecule has 0 atom stereocenters. The first-order chi connectivity index (χ1) is 7.64. The predicted molar refractivity (Wildman–Crippen MR) is 72.7 cm³/mol. The molecule has 0 unspecified atom stereocenters. The third kappa shape index (κ3) is 6.97. The van der Waals surface area contributed by atoms with Crippen molar-refractivity contribution in [3.05, 3.63) is 24.3 Å².